The molecule has 0 fully saturated rings. The molecule has 94 valence electrons. The fourth-order valence-corrected chi connectivity index (χ4v) is 1.69. The molecule has 18 heavy (non-hydrogen) atoms. The predicted molar refractivity (Wildman–Crippen MR) is 68.3 cm³/mol. The van der Waals surface area contributed by atoms with Gasteiger partial charge in [-0.3, -0.25) is 4.98 Å². The van der Waals surface area contributed by atoms with Gasteiger partial charge < -0.3 is 9.84 Å². The average Bonchev–Trinajstić information content (AvgIpc) is 2.40. The molecule has 1 unspecified atom stereocenters. The Morgan fingerprint density at radius 1 is 1.22 bits per heavy atom. The molecule has 2 rings (SSSR count). The summed E-state index contributed by atoms with van der Waals surface area (Å²) in [4.78, 5) is 8.33. The zero-order valence-electron chi connectivity index (χ0n) is 10.3. The summed E-state index contributed by atoms with van der Waals surface area (Å²) in [5.74, 6) is 0.496. The zero-order valence-corrected chi connectivity index (χ0v) is 10.3. The molecule has 1 heterocycles. The van der Waals surface area contributed by atoms with Gasteiger partial charge >= 0.3 is 0 Å². The van der Waals surface area contributed by atoms with Crippen LogP contribution in [0.1, 0.15) is 24.3 Å². The van der Waals surface area contributed by atoms with Crippen molar-refractivity contribution in [3.05, 3.63) is 54.0 Å². The van der Waals surface area contributed by atoms with Crippen LogP contribution in [0.5, 0.6) is 5.88 Å². The van der Waals surface area contributed by atoms with Crippen LogP contribution in [-0.2, 0) is 6.42 Å². The molecule has 0 amide bonds. The number of ether oxygens (including phenoxy) is 1. The highest BCUT2D eigenvalue weighted by Gasteiger charge is 2.10. The van der Waals surface area contributed by atoms with Gasteiger partial charge in [0.25, 0.3) is 0 Å². The largest absolute Gasteiger partial charge is 0.477 e. The minimum absolute atomic E-state index is 0.428. The van der Waals surface area contributed by atoms with Crippen molar-refractivity contribution >= 4 is 0 Å². The minimum atomic E-state index is -0.572. The van der Waals surface area contributed by atoms with Crippen molar-refractivity contribution in [1.82, 2.24) is 9.97 Å². The Bertz CT molecular complexity index is 488. The second-order valence-electron chi connectivity index (χ2n) is 3.91. The number of aliphatic hydroxyl groups is 1. The highest BCUT2D eigenvalue weighted by molar-refractivity contribution is 5.19. The van der Waals surface area contributed by atoms with Crippen LogP contribution in [0.2, 0.25) is 0 Å². The molecular formula is C14H16N2O2. The summed E-state index contributed by atoms with van der Waals surface area (Å²) in [6.07, 6.45) is 3.08. The Labute approximate surface area is 106 Å². The molecule has 0 aliphatic rings. The van der Waals surface area contributed by atoms with Crippen LogP contribution in [0.3, 0.4) is 0 Å². The number of nitrogens with zero attached hydrogens (tertiary/aromatic N) is 2. The third kappa shape index (κ3) is 3.28. The van der Waals surface area contributed by atoms with E-state index in [0.717, 1.165) is 11.3 Å². The SMILES string of the molecule is CCOc1cncc(CC(O)c2ccccc2)n1. The van der Waals surface area contributed by atoms with Gasteiger partial charge in [0.15, 0.2) is 0 Å². The summed E-state index contributed by atoms with van der Waals surface area (Å²) >= 11 is 0. The second kappa shape index (κ2) is 6.12. The molecular weight excluding hydrogens is 228 g/mol. The fraction of sp³-hybridized carbons (Fsp3) is 0.286. The third-order valence-corrected chi connectivity index (χ3v) is 2.54. The van der Waals surface area contributed by atoms with Gasteiger partial charge in [0, 0.05) is 12.6 Å². The molecule has 1 aromatic heterocycles. The van der Waals surface area contributed by atoms with Crippen molar-refractivity contribution in [3.8, 4) is 5.88 Å². The summed E-state index contributed by atoms with van der Waals surface area (Å²) in [5.41, 5.74) is 1.60. The monoisotopic (exact) mass is 244 g/mol. The summed E-state index contributed by atoms with van der Waals surface area (Å²) in [7, 11) is 0. The van der Waals surface area contributed by atoms with E-state index in [1.54, 1.807) is 12.4 Å². The van der Waals surface area contributed by atoms with Crippen molar-refractivity contribution in [1.29, 1.82) is 0 Å². The lowest BCUT2D eigenvalue weighted by molar-refractivity contribution is 0.176. The number of benzene rings is 1. The number of hydrogen-bond acceptors (Lipinski definition) is 4. The van der Waals surface area contributed by atoms with Gasteiger partial charge in [0.05, 0.1) is 24.6 Å². The van der Waals surface area contributed by atoms with Gasteiger partial charge in [-0.2, -0.15) is 0 Å². The standard InChI is InChI=1S/C14H16N2O2/c1-2-18-14-10-15-9-12(16-14)8-13(17)11-6-4-3-5-7-11/h3-7,9-10,13,17H,2,8H2,1H3. The van der Waals surface area contributed by atoms with Crippen LogP contribution < -0.4 is 4.74 Å². The predicted octanol–water partition coefficient (Wildman–Crippen LogP) is 2.15. The highest BCUT2D eigenvalue weighted by Crippen LogP contribution is 2.17. The first-order valence-corrected chi connectivity index (χ1v) is 5.96. The van der Waals surface area contributed by atoms with E-state index in [4.69, 9.17) is 4.74 Å². The van der Waals surface area contributed by atoms with Crippen LogP contribution in [0, 0.1) is 0 Å². The molecule has 4 heteroatoms. The van der Waals surface area contributed by atoms with Crippen LogP contribution in [0.25, 0.3) is 0 Å². The van der Waals surface area contributed by atoms with E-state index in [0.29, 0.717) is 18.9 Å². The van der Waals surface area contributed by atoms with Crippen molar-refractivity contribution in [2.24, 2.45) is 0 Å². The van der Waals surface area contributed by atoms with E-state index in [9.17, 15) is 5.11 Å². The van der Waals surface area contributed by atoms with Crippen LogP contribution >= 0.6 is 0 Å². The maximum Gasteiger partial charge on any atom is 0.232 e. The molecule has 0 aliphatic heterocycles. The molecule has 0 radical (unpaired) electrons. The Kier molecular flexibility index (Phi) is 4.25. The van der Waals surface area contributed by atoms with Gasteiger partial charge in [-0.05, 0) is 12.5 Å². The molecule has 1 N–H and O–H groups in total. The Balaban J connectivity index is 2.07. The summed E-state index contributed by atoms with van der Waals surface area (Å²) in [5, 5.41) is 10.1. The quantitative estimate of drug-likeness (QED) is 0.875. The molecule has 1 atom stereocenters. The lowest BCUT2D eigenvalue weighted by Crippen LogP contribution is -2.05. The Morgan fingerprint density at radius 3 is 2.72 bits per heavy atom. The molecule has 4 nitrogen and oxygen atoms in total. The Morgan fingerprint density at radius 2 is 2.00 bits per heavy atom. The van der Waals surface area contributed by atoms with Crippen LogP contribution in [0.15, 0.2) is 42.7 Å². The molecule has 0 aliphatic carbocycles. The second-order valence-corrected chi connectivity index (χ2v) is 3.91. The first-order valence-electron chi connectivity index (χ1n) is 5.96. The zero-order chi connectivity index (χ0) is 12.8. The summed E-state index contributed by atoms with van der Waals surface area (Å²) in [6, 6.07) is 9.52. The molecule has 0 saturated carbocycles. The normalized spacial score (nSPS) is 12.1. The van der Waals surface area contributed by atoms with Crippen molar-refractivity contribution in [2.75, 3.05) is 6.61 Å². The van der Waals surface area contributed by atoms with Gasteiger partial charge in [-0.25, -0.2) is 4.98 Å². The minimum Gasteiger partial charge on any atom is -0.477 e. The van der Waals surface area contributed by atoms with E-state index < -0.39 is 6.10 Å². The summed E-state index contributed by atoms with van der Waals surface area (Å²) < 4.78 is 5.28. The van der Waals surface area contributed by atoms with Crippen molar-refractivity contribution < 1.29 is 9.84 Å². The molecule has 2 aromatic rings. The summed E-state index contributed by atoms with van der Waals surface area (Å²) in [6.45, 7) is 2.45. The van der Waals surface area contributed by atoms with E-state index in [1.807, 2.05) is 37.3 Å². The van der Waals surface area contributed by atoms with E-state index in [-0.39, 0.29) is 0 Å². The van der Waals surface area contributed by atoms with E-state index in [1.165, 1.54) is 0 Å². The first kappa shape index (κ1) is 12.5. The van der Waals surface area contributed by atoms with Gasteiger partial charge in [0.2, 0.25) is 5.88 Å². The number of aliphatic hydroxyl groups excluding tert-OH is 1. The average molecular weight is 244 g/mol. The van der Waals surface area contributed by atoms with Gasteiger partial charge in [-0.15, -0.1) is 0 Å². The molecule has 0 spiro atoms. The van der Waals surface area contributed by atoms with Crippen molar-refractivity contribution in [2.45, 2.75) is 19.4 Å². The molecule has 0 bridgehead atoms. The number of aromatic nitrogens is 2. The maximum absolute atomic E-state index is 10.1. The lowest BCUT2D eigenvalue weighted by Gasteiger charge is -2.10. The third-order valence-electron chi connectivity index (χ3n) is 2.54. The van der Waals surface area contributed by atoms with Crippen LogP contribution in [-0.4, -0.2) is 21.7 Å². The highest BCUT2D eigenvalue weighted by atomic mass is 16.5. The Hall–Kier alpha value is -1.94. The van der Waals surface area contributed by atoms with Gasteiger partial charge in [-0.1, -0.05) is 30.3 Å². The number of rotatable bonds is 5. The molecule has 1 aromatic carbocycles. The molecule has 0 saturated heterocycles. The first-order chi connectivity index (χ1) is 8.79. The number of hydrogen-bond donors (Lipinski definition) is 1. The lowest BCUT2D eigenvalue weighted by atomic mass is 10.1. The van der Waals surface area contributed by atoms with Crippen molar-refractivity contribution in [3.63, 3.8) is 0 Å². The fourth-order valence-electron chi connectivity index (χ4n) is 1.69. The van der Waals surface area contributed by atoms with Crippen LogP contribution in [0.4, 0.5) is 0 Å². The topological polar surface area (TPSA) is 55.2 Å². The smallest absolute Gasteiger partial charge is 0.232 e. The van der Waals surface area contributed by atoms with E-state index in [2.05, 4.69) is 9.97 Å². The van der Waals surface area contributed by atoms with E-state index >= 15 is 0 Å². The van der Waals surface area contributed by atoms with Gasteiger partial charge in [0.1, 0.15) is 0 Å². The maximum atomic E-state index is 10.1.